The zero-order chi connectivity index (χ0) is 19.8. The molecular formula is C24H33FN2O2. The molecule has 6 rings (SSSR count). The molecule has 2 N–H and O–H groups in total. The molecule has 5 saturated carbocycles. The van der Waals surface area contributed by atoms with E-state index >= 15 is 0 Å². The van der Waals surface area contributed by atoms with Gasteiger partial charge in [0.2, 0.25) is 0 Å². The molecule has 0 heterocycles. The summed E-state index contributed by atoms with van der Waals surface area (Å²) in [6, 6.07) is 7.04. The van der Waals surface area contributed by atoms with Crippen molar-refractivity contribution in [2.24, 2.45) is 17.8 Å². The molecule has 5 aliphatic rings. The van der Waals surface area contributed by atoms with Gasteiger partial charge in [0.25, 0.3) is 0 Å². The molecule has 4 bridgehead atoms. The van der Waals surface area contributed by atoms with Crippen LogP contribution >= 0.6 is 0 Å². The van der Waals surface area contributed by atoms with E-state index in [-0.39, 0.29) is 29.5 Å². The van der Waals surface area contributed by atoms with Crippen molar-refractivity contribution < 1.29 is 13.9 Å². The number of carbonyl (C=O) groups is 1. The monoisotopic (exact) mass is 400 g/mol. The molecule has 0 aromatic heterocycles. The molecule has 2 amide bonds. The first-order chi connectivity index (χ1) is 14.1. The first-order valence-corrected chi connectivity index (χ1v) is 11.5. The molecule has 0 radical (unpaired) electrons. The van der Waals surface area contributed by atoms with E-state index in [4.69, 9.17) is 4.74 Å². The van der Waals surface area contributed by atoms with Gasteiger partial charge in [0.15, 0.2) is 0 Å². The lowest BCUT2D eigenvalue weighted by Gasteiger charge is -2.56. The molecule has 29 heavy (non-hydrogen) atoms. The quantitative estimate of drug-likeness (QED) is 0.737. The minimum Gasteiger partial charge on any atom is -0.373 e. The number of hydrogen-bond acceptors (Lipinski definition) is 2. The van der Waals surface area contributed by atoms with E-state index in [2.05, 4.69) is 10.6 Å². The summed E-state index contributed by atoms with van der Waals surface area (Å²) in [5.74, 6) is 2.31. The van der Waals surface area contributed by atoms with Gasteiger partial charge in [-0.05, 0) is 88.0 Å². The summed E-state index contributed by atoms with van der Waals surface area (Å²) in [5, 5.41) is 6.64. The Kier molecular flexibility index (Phi) is 5.27. The van der Waals surface area contributed by atoms with Crippen LogP contribution in [-0.4, -0.2) is 23.7 Å². The van der Waals surface area contributed by atoms with Crippen molar-refractivity contribution >= 4 is 6.03 Å². The number of amides is 2. The van der Waals surface area contributed by atoms with E-state index in [1.165, 1.54) is 44.6 Å². The summed E-state index contributed by atoms with van der Waals surface area (Å²) in [6.45, 7) is 0.321. The van der Waals surface area contributed by atoms with E-state index in [9.17, 15) is 9.18 Å². The van der Waals surface area contributed by atoms with Gasteiger partial charge in [0.1, 0.15) is 5.82 Å². The molecular weight excluding hydrogens is 367 g/mol. The average molecular weight is 401 g/mol. The Morgan fingerprint density at radius 2 is 1.62 bits per heavy atom. The third-order valence-electron chi connectivity index (χ3n) is 7.86. The predicted octanol–water partition coefficient (Wildman–Crippen LogP) is 4.92. The van der Waals surface area contributed by atoms with Gasteiger partial charge in [0, 0.05) is 17.1 Å². The van der Waals surface area contributed by atoms with Crippen LogP contribution in [0.15, 0.2) is 24.3 Å². The number of nitrogens with one attached hydrogen (secondary N) is 2. The Balaban J connectivity index is 1.06. The smallest absolute Gasteiger partial charge is 0.315 e. The number of carbonyl (C=O) groups excluding carboxylic acids is 1. The highest BCUT2D eigenvalue weighted by atomic mass is 19.1. The summed E-state index contributed by atoms with van der Waals surface area (Å²) >= 11 is 0. The summed E-state index contributed by atoms with van der Waals surface area (Å²) < 4.78 is 19.6. The highest BCUT2D eigenvalue weighted by Gasteiger charge is 2.51. The molecule has 1 aromatic rings. The van der Waals surface area contributed by atoms with E-state index in [0.29, 0.717) is 12.2 Å². The van der Waals surface area contributed by atoms with Crippen LogP contribution in [0.5, 0.6) is 0 Å². The largest absolute Gasteiger partial charge is 0.373 e. The zero-order valence-electron chi connectivity index (χ0n) is 17.2. The van der Waals surface area contributed by atoms with E-state index in [1.54, 1.807) is 12.1 Å². The van der Waals surface area contributed by atoms with Crippen LogP contribution in [0.25, 0.3) is 0 Å². The lowest BCUT2D eigenvalue weighted by molar-refractivity contribution is -0.0142. The lowest BCUT2D eigenvalue weighted by Crippen LogP contribution is -2.62. The fourth-order valence-corrected chi connectivity index (χ4v) is 6.92. The second-order valence-electron chi connectivity index (χ2n) is 10.2. The number of benzene rings is 1. The van der Waals surface area contributed by atoms with Gasteiger partial charge in [-0.25, -0.2) is 9.18 Å². The van der Waals surface area contributed by atoms with Gasteiger partial charge in [0.05, 0.1) is 12.7 Å². The maximum Gasteiger partial charge on any atom is 0.315 e. The number of hydrogen-bond donors (Lipinski definition) is 2. The minimum absolute atomic E-state index is 0.0303. The Morgan fingerprint density at radius 1 is 1.00 bits per heavy atom. The third-order valence-corrected chi connectivity index (χ3v) is 7.86. The zero-order valence-corrected chi connectivity index (χ0v) is 17.2. The van der Waals surface area contributed by atoms with Crippen LogP contribution < -0.4 is 10.6 Å². The molecule has 0 unspecified atom stereocenters. The maximum atomic E-state index is 13.7. The molecule has 0 aliphatic heterocycles. The fraction of sp³-hybridized carbons (Fsp3) is 0.708. The van der Waals surface area contributed by atoms with Gasteiger partial charge in [-0.3, -0.25) is 0 Å². The second kappa shape index (κ2) is 7.90. The van der Waals surface area contributed by atoms with Crippen molar-refractivity contribution in [3.8, 4) is 0 Å². The van der Waals surface area contributed by atoms with Crippen molar-refractivity contribution in [1.29, 1.82) is 0 Å². The fourth-order valence-electron chi connectivity index (χ4n) is 6.92. The van der Waals surface area contributed by atoms with Crippen LogP contribution in [0.2, 0.25) is 0 Å². The van der Waals surface area contributed by atoms with Crippen LogP contribution in [0, 0.1) is 23.6 Å². The Bertz CT molecular complexity index is 709. The number of rotatable bonds is 5. The summed E-state index contributed by atoms with van der Waals surface area (Å²) in [5.41, 5.74) is 0.682. The van der Waals surface area contributed by atoms with Crippen LogP contribution in [0.3, 0.4) is 0 Å². The Hall–Kier alpha value is -1.62. The topological polar surface area (TPSA) is 50.4 Å². The molecule has 5 aliphatic carbocycles. The van der Waals surface area contributed by atoms with Crippen molar-refractivity contribution in [2.45, 2.75) is 88.5 Å². The minimum atomic E-state index is -0.204. The van der Waals surface area contributed by atoms with Gasteiger partial charge in [-0.2, -0.15) is 0 Å². The first-order valence-electron chi connectivity index (χ1n) is 11.5. The number of halogens is 1. The second-order valence-corrected chi connectivity index (χ2v) is 10.2. The van der Waals surface area contributed by atoms with Crippen molar-refractivity contribution in [3.63, 3.8) is 0 Å². The van der Waals surface area contributed by atoms with Crippen molar-refractivity contribution in [2.75, 3.05) is 0 Å². The molecule has 5 heteroatoms. The molecule has 5 fully saturated rings. The standard InChI is InChI=1S/C24H33FN2O2/c25-22-4-2-1-3-19(22)15-29-21-7-5-20(6-8-21)26-23(28)27-24-12-16-9-17(13-24)11-18(10-16)14-24/h1-4,16-18,20-21H,5-15H2,(H2,26,27,28)/t16?,17?,18?,20-,21-,24?. The summed E-state index contributed by atoms with van der Waals surface area (Å²) in [4.78, 5) is 12.7. The summed E-state index contributed by atoms with van der Waals surface area (Å²) in [7, 11) is 0. The van der Waals surface area contributed by atoms with Gasteiger partial charge < -0.3 is 15.4 Å². The van der Waals surface area contributed by atoms with Gasteiger partial charge >= 0.3 is 6.03 Å². The van der Waals surface area contributed by atoms with Crippen molar-refractivity contribution in [1.82, 2.24) is 10.6 Å². The molecule has 0 spiro atoms. The highest BCUT2D eigenvalue weighted by Crippen LogP contribution is 2.55. The Labute approximate surface area is 173 Å². The molecule has 0 atom stereocenters. The Morgan fingerprint density at radius 3 is 2.24 bits per heavy atom. The van der Waals surface area contributed by atoms with Crippen LogP contribution in [0.1, 0.15) is 69.8 Å². The molecule has 4 nitrogen and oxygen atoms in total. The lowest BCUT2D eigenvalue weighted by atomic mass is 9.53. The number of urea groups is 1. The average Bonchev–Trinajstić information content (AvgIpc) is 2.67. The van der Waals surface area contributed by atoms with E-state index < -0.39 is 0 Å². The molecule has 1 aromatic carbocycles. The van der Waals surface area contributed by atoms with Crippen LogP contribution in [0.4, 0.5) is 9.18 Å². The summed E-state index contributed by atoms with van der Waals surface area (Å²) in [6.07, 6.45) is 11.5. The van der Waals surface area contributed by atoms with Crippen molar-refractivity contribution in [3.05, 3.63) is 35.6 Å². The maximum absolute atomic E-state index is 13.7. The van der Waals surface area contributed by atoms with Gasteiger partial charge in [-0.15, -0.1) is 0 Å². The van der Waals surface area contributed by atoms with E-state index in [1.807, 2.05) is 6.07 Å². The molecule has 0 saturated heterocycles. The first kappa shape index (κ1) is 19.3. The SMILES string of the molecule is O=C(NC12CC3CC(CC(C3)C1)C2)N[C@H]1CC[C@H](OCc2ccccc2F)CC1. The van der Waals surface area contributed by atoms with E-state index in [0.717, 1.165) is 43.4 Å². The normalized spacial score (nSPS) is 38.0. The van der Waals surface area contributed by atoms with Crippen LogP contribution in [-0.2, 0) is 11.3 Å². The van der Waals surface area contributed by atoms with Gasteiger partial charge in [-0.1, -0.05) is 18.2 Å². The highest BCUT2D eigenvalue weighted by molar-refractivity contribution is 5.75. The third kappa shape index (κ3) is 4.30. The molecule has 158 valence electrons. The number of ether oxygens (including phenoxy) is 1. The predicted molar refractivity (Wildman–Crippen MR) is 110 cm³/mol.